The SMILES string of the molecule is CC(C)CCC[C@@H](C)[C@H]1CC[C@H]2[C@@H]3CC=C4C[C@@H](O[C@H]5O[C@H](C)[C@@H](O[Si](C)(C)C(C)(C)C)[C@H](N=[N+]=[N-])[C@H]5O)CC[C@]4(C)[C@H]3CC[C@]12C. The first-order valence-corrected chi connectivity index (χ1v) is 22.2. The van der Waals surface area contributed by atoms with E-state index >= 15 is 0 Å². The summed E-state index contributed by atoms with van der Waals surface area (Å²) < 4.78 is 19.6. The van der Waals surface area contributed by atoms with E-state index in [4.69, 9.17) is 13.9 Å². The number of ether oxygens (including phenoxy) is 2. The van der Waals surface area contributed by atoms with E-state index in [0.29, 0.717) is 5.41 Å². The van der Waals surface area contributed by atoms with Gasteiger partial charge >= 0.3 is 0 Å². The van der Waals surface area contributed by atoms with Crippen LogP contribution in [0.1, 0.15) is 133 Å². The zero-order valence-electron chi connectivity index (χ0n) is 31.8. The molecule has 5 aliphatic rings. The fourth-order valence-electron chi connectivity index (χ4n) is 10.9. The predicted molar refractivity (Wildman–Crippen MR) is 193 cm³/mol. The number of azide groups is 1. The minimum Gasteiger partial charge on any atom is -0.411 e. The highest BCUT2D eigenvalue weighted by atomic mass is 28.4. The van der Waals surface area contributed by atoms with Crippen LogP contribution in [0.25, 0.3) is 10.4 Å². The molecule has 0 aromatic carbocycles. The summed E-state index contributed by atoms with van der Waals surface area (Å²) in [5.74, 6) is 4.95. The van der Waals surface area contributed by atoms with Gasteiger partial charge in [-0.1, -0.05) is 91.4 Å². The number of hydrogen-bond donors (Lipinski definition) is 1. The monoisotopic (exact) mass is 672 g/mol. The summed E-state index contributed by atoms with van der Waals surface area (Å²) in [6.45, 7) is 25.4. The molecular weight excluding hydrogens is 603 g/mol. The summed E-state index contributed by atoms with van der Waals surface area (Å²) in [6.07, 6.45) is 13.7. The molecule has 3 saturated carbocycles. The van der Waals surface area contributed by atoms with Crippen molar-refractivity contribution in [3.05, 3.63) is 22.1 Å². The van der Waals surface area contributed by atoms with Crippen LogP contribution in [0.5, 0.6) is 0 Å². The van der Waals surface area contributed by atoms with Gasteiger partial charge in [0.05, 0.1) is 24.4 Å². The first kappa shape index (κ1) is 37.4. The maximum absolute atomic E-state index is 11.5. The molecule has 4 aliphatic carbocycles. The summed E-state index contributed by atoms with van der Waals surface area (Å²) in [6, 6.07) is -0.754. The number of aliphatic hydroxyl groups is 1. The Balaban J connectivity index is 1.24. The number of allylic oxidation sites excluding steroid dienone is 1. The minimum atomic E-state index is -2.20. The van der Waals surface area contributed by atoms with Crippen molar-refractivity contribution in [3.63, 3.8) is 0 Å². The second-order valence-electron chi connectivity index (χ2n) is 19.0. The smallest absolute Gasteiger partial charge is 0.192 e. The van der Waals surface area contributed by atoms with Gasteiger partial charge in [0, 0.05) is 4.91 Å². The van der Waals surface area contributed by atoms with Crippen LogP contribution in [0.2, 0.25) is 18.1 Å². The Morgan fingerprint density at radius 3 is 2.47 bits per heavy atom. The first-order valence-electron chi connectivity index (χ1n) is 19.3. The fourth-order valence-corrected chi connectivity index (χ4v) is 12.3. The van der Waals surface area contributed by atoms with Crippen molar-refractivity contribution in [2.75, 3.05) is 0 Å². The maximum Gasteiger partial charge on any atom is 0.192 e. The molecule has 0 amide bonds. The lowest BCUT2D eigenvalue weighted by Crippen LogP contribution is -2.61. The lowest BCUT2D eigenvalue weighted by molar-refractivity contribution is -0.281. The topological polar surface area (TPSA) is 96.7 Å². The minimum absolute atomic E-state index is 0.0151. The van der Waals surface area contributed by atoms with Gasteiger partial charge in [0.1, 0.15) is 6.10 Å². The number of hydrogen-bond acceptors (Lipinski definition) is 5. The molecule has 13 atom stereocenters. The zero-order valence-corrected chi connectivity index (χ0v) is 32.8. The van der Waals surface area contributed by atoms with E-state index < -0.39 is 32.9 Å². The average Bonchev–Trinajstić information content (AvgIpc) is 3.34. The van der Waals surface area contributed by atoms with E-state index in [1.807, 2.05) is 6.92 Å². The molecular formula is C39H69N3O4Si. The Kier molecular flexibility index (Phi) is 11.1. The Morgan fingerprint density at radius 1 is 1.09 bits per heavy atom. The van der Waals surface area contributed by atoms with Crippen LogP contribution in [0, 0.1) is 46.3 Å². The van der Waals surface area contributed by atoms with E-state index in [-0.39, 0.29) is 22.7 Å². The van der Waals surface area contributed by atoms with Crippen molar-refractivity contribution < 1.29 is 19.0 Å². The van der Waals surface area contributed by atoms with E-state index in [9.17, 15) is 10.6 Å². The number of nitrogens with zero attached hydrogens (tertiary/aromatic N) is 3. The number of fused-ring (bicyclic) bond motifs is 5. The van der Waals surface area contributed by atoms with Crippen molar-refractivity contribution in [2.45, 2.75) is 188 Å². The normalized spacial score (nSPS) is 43.0. The van der Waals surface area contributed by atoms with Gasteiger partial charge in [-0.15, -0.1) is 0 Å². The van der Waals surface area contributed by atoms with Gasteiger partial charge < -0.3 is 19.0 Å². The molecule has 7 nitrogen and oxygen atoms in total. The van der Waals surface area contributed by atoms with Crippen molar-refractivity contribution in [3.8, 4) is 0 Å². The molecule has 1 N–H and O–H groups in total. The van der Waals surface area contributed by atoms with Crippen LogP contribution < -0.4 is 0 Å². The molecule has 1 heterocycles. The Labute approximate surface area is 288 Å². The van der Waals surface area contributed by atoms with Crippen LogP contribution in [0.3, 0.4) is 0 Å². The molecule has 5 rings (SSSR count). The van der Waals surface area contributed by atoms with Gasteiger partial charge in [-0.05, 0) is 128 Å². The maximum atomic E-state index is 11.5. The summed E-state index contributed by atoms with van der Waals surface area (Å²) >= 11 is 0. The number of rotatable bonds is 10. The highest BCUT2D eigenvalue weighted by molar-refractivity contribution is 6.74. The lowest BCUT2D eigenvalue weighted by atomic mass is 9.47. The molecule has 4 fully saturated rings. The van der Waals surface area contributed by atoms with Gasteiger partial charge in [-0.3, -0.25) is 0 Å². The molecule has 0 unspecified atom stereocenters. The third-order valence-electron chi connectivity index (χ3n) is 14.8. The summed E-state index contributed by atoms with van der Waals surface area (Å²) in [5.41, 5.74) is 11.7. The summed E-state index contributed by atoms with van der Waals surface area (Å²) in [5, 5.41) is 15.5. The molecule has 0 aromatic heterocycles. The Hall–Kier alpha value is -0.893. The second kappa shape index (κ2) is 14.0. The van der Waals surface area contributed by atoms with E-state index in [2.05, 4.69) is 84.6 Å². The molecule has 0 radical (unpaired) electrons. The van der Waals surface area contributed by atoms with E-state index in [0.717, 1.165) is 54.8 Å². The zero-order chi connectivity index (χ0) is 34.5. The Morgan fingerprint density at radius 2 is 1.81 bits per heavy atom. The number of aliphatic hydroxyl groups excluding tert-OH is 1. The largest absolute Gasteiger partial charge is 0.411 e. The van der Waals surface area contributed by atoms with E-state index in [1.54, 1.807) is 5.57 Å². The predicted octanol–water partition coefficient (Wildman–Crippen LogP) is 10.6. The summed E-state index contributed by atoms with van der Waals surface area (Å²) in [4.78, 5) is 3.11. The van der Waals surface area contributed by atoms with Crippen molar-refractivity contribution in [2.24, 2.45) is 51.5 Å². The molecule has 47 heavy (non-hydrogen) atoms. The standard InChI is InChI=1S/C39H69N3O4Si/c1-24(2)13-12-14-25(3)30-17-18-31-29-16-15-27-23-28(19-21-38(27,8)32(29)20-22-39(30,31)9)45-36-34(43)33(41-42-40)35(26(4)44-36)46-47(10,11)37(5,6)7/h15,24-26,28-36,43H,12-14,16-23H2,1-11H3/t25-,26-,28+,29+,30-,31+,32+,33-,34-,35-,36-,38+,39-/m1/s1. The van der Waals surface area contributed by atoms with Gasteiger partial charge in [0.15, 0.2) is 14.6 Å². The third kappa shape index (κ3) is 7.17. The molecule has 0 spiro atoms. The average molecular weight is 672 g/mol. The highest BCUT2D eigenvalue weighted by Gasteiger charge is 2.59. The molecule has 8 heteroatoms. The van der Waals surface area contributed by atoms with Crippen molar-refractivity contribution in [1.82, 2.24) is 0 Å². The Bertz CT molecular complexity index is 1180. The molecule has 1 saturated heterocycles. The van der Waals surface area contributed by atoms with Crippen LogP contribution >= 0.6 is 0 Å². The van der Waals surface area contributed by atoms with Crippen LogP contribution in [0.4, 0.5) is 0 Å². The fraction of sp³-hybridized carbons (Fsp3) is 0.949. The van der Waals surface area contributed by atoms with Crippen LogP contribution in [-0.4, -0.2) is 50.2 Å². The van der Waals surface area contributed by atoms with Crippen LogP contribution in [0.15, 0.2) is 16.8 Å². The third-order valence-corrected chi connectivity index (χ3v) is 19.3. The van der Waals surface area contributed by atoms with Crippen molar-refractivity contribution >= 4 is 8.32 Å². The van der Waals surface area contributed by atoms with Crippen molar-refractivity contribution in [1.29, 1.82) is 0 Å². The van der Waals surface area contributed by atoms with Gasteiger partial charge in [0.2, 0.25) is 0 Å². The molecule has 0 aromatic rings. The lowest BCUT2D eigenvalue weighted by Gasteiger charge is -2.58. The first-order chi connectivity index (χ1) is 21.9. The van der Waals surface area contributed by atoms with Gasteiger partial charge in [-0.2, -0.15) is 0 Å². The quantitative estimate of drug-likeness (QED) is 0.0822. The molecule has 0 bridgehead atoms. The highest BCUT2D eigenvalue weighted by Crippen LogP contribution is 2.67. The van der Waals surface area contributed by atoms with Gasteiger partial charge in [0.25, 0.3) is 0 Å². The summed E-state index contributed by atoms with van der Waals surface area (Å²) in [7, 11) is -2.20. The molecule has 1 aliphatic heterocycles. The molecule has 268 valence electrons. The van der Waals surface area contributed by atoms with E-state index in [1.165, 1.54) is 51.4 Å². The van der Waals surface area contributed by atoms with Gasteiger partial charge in [-0.25, -0.2) is 0 Å². The van der Waals surface area contributed by atoms with Crippen LogP contribution in [-0.2, 0) is 13.9 Å². The second-order valence-corrected chi connectivity index (χ2v) is 23.8.